The van der Waals surface area contributed by atoms with E-state index in [1.165, 1.54) is 6.33 Å². The van der Waals surface area contributed by atoms with E-state index < -0.39 is 6.61 Å². The number of nitrogens with zero attached hydrogens (tertiary/aromatic N) is 2. The van der Waals surface area contributed by atoms with Crippen LogP contribution < -0.4 is 14.8 Å². The first kappa shape index (κ1) is 22.8. The fraction of sp³-hybridized carbons (Fsp3) is 0.148. The Hall–Kier alpha value is -4.41. The highest BCUT2D eigenvalue weighted by atomic mass is 16.5. The molecule has 170 valence electrons. The molecule has 34 heavy (non-hydrogen) atoms. The third-order valence-corrected chi connectivity index (χ3v) is 5.04. The number of anilines is 2. The number of nitrogens with one attached hydrogen (secondary N) is 1. The highest BCUT2D eigenvalue weighted by Crippen LogP contribution is 2.27. The summed E-state index contributed by atoms with van der Waals surface area (Å²) >= 11 is 0. The van der Waals surface area contributed by atoms with Crippen molar-refractivity contribution in [3.8, 4) is 23.8 Å². The standard InChI is InChI=1S/C27H23N3O4/c1-2-19-5-3-6-21(15-19)30-27-24-16-23(11-12-25(24)28-18-29-27)34-14-4-13-33-22-9-7-20(8-10-22)26(32)17-31/h1,3,5-12,15-16,18,31H,4,13-14,17H2,(H,28,29,30). The van der Waals surface area contributed by atoms with Gasteiger partial charge in [-0.15, -0.1) is 6.42 Å². The van der Waals surface area contributed by atoms with Crippen molar-refractivity contribution in [2.75, 3.05) is 25.1 Å². The van der Waals surface area contributed by atoms with Crippen LogP contribution in [0.2, 0.25) is 0 Å². The Morgan fingerprint density at radius 1 is 0.971 bits per heavy atom. The van der Waals surface area contributed by atoms with Gasteiger partial charge in [-0.05, 0) is 60.7 Å². The van der Waals surface area contributed by atoms with E-state index in [2.05, 4.69) is 21.2 Å². The Morgan fingerprint density at radius 2 is 1.74 bits per heavy atom. The largest absolute Gasteiger partial charge is 0.493 e. The third-order valence-electron chi connectivity index (χ3n) is 5.04. The number of fused-ring (bicyclic) bond motifs is 1. The van der Waals surface area contributed by atoms with Crippen LogP contribution in [0.25, 0.3) is 10.9 Å². The summed E-state index contributed by atoms with van der Waals surface area (Å²) in [4.78, 5) is 20.2. The highest BCUT2D eigenvalue weighted by Gasteiger charge is 2.07. The second-order valence-corrected chi connectivity index (χ2v) is 7.41. The predicted molar refractivity (Wildman–Crippen MR) is 131 cm³/mol. The van der Waals surface area contributed by atoms with Crippen LogP contribution in [-0.4, -0.2) is 40.7 Å². The number of rotatable bonds is 10. The number of terminal acetylenes is 1. The number of hydrogen-bond donors (Lipinski definition) is 2. The van der Waals surface area contributed by atoms with Crippen LogP contribution in [0.4, 0.5) is 11.5 Å². The lowest BCUT2D eigenvalue weighted by Gasteiger charge is -2.11. The lowest BCUT2D eigenvalue weighted by atomic mass is 10.1. The normalized spacial score (nSPS) is 10.5. The van der Waals surface area contributed by atoms with Crippen LogP contribution in [0.3, 0.4) is 0 Å². The quantitative estimate of drug-likeness (QED) is 0.209. The van der Waals surface area contributed by atoms with Crippen molar-refractivity contribution in [1.29, 1.82) is 0 Å². The molecule has 0 aliphatic carbocycles. The van der Waals surface area contributed by atoms with E-state index >= 15 is 0 Å². The monoisotopic (exact) mass is 453 g/mol. The summed E-state index contributed by atoms with van der Waals surface area (Å²) in [5.74, 6) is 4.33. The van der Waals surface area contributed by atoms with Gasteiger partial charge in [-0.1, -0.05) is 12.0 Å². The number of carbonyl (C=O) groups excluding carboxylic acids is 1. The maximum Gasteiger partial charge on any atom is 0.188 e. The van der Waals surface area contributed by atoms with E-state index in [0.29, 0.717) is 42.5 Å². The number of benzene rings is 3. The molecule has 0 saturated carbocycles. The minimum atomic E-state index is -0.505. The van der Waals surface area contributed by atoms with Gasteiger partial charge in [0.25, 0.3) is 0 Å². The number of Topliss-reactive ketones (excluding diaryl/α,β-unsaturated/α-hetero) is 1. The zero-order chi connectivity index (χ0) is 23.8. The van der Waals surface area contributed by atoms with E-state index in [1.807, 2.05) is 42.5 Å². The van der Waals surface area contributed by atoms with Crippen molar-refractivity contribution >= 4 is 28.2 Å². The van der Waals surface area contributed by atoms with Gasteiger partial charge in [0.2, 0.25) is 0 Å². The van der Waals surface area contributed by atoms with E-state index in [0.717, 1.165) is 22.2 Å². The molecule has 7 heteroatoms. The number of hydrogen-bond acceptors (Lipinski definition) is 7. The smallest absolute Gasteiger partial charge is 0.188 e. The second kappa shape index (κ2) is 10.9. The molecule has 0 unspecified atom stereocenters. The molecule has 0 radical (unpaired) electrons. The maximum atomic E-state index is 11.5. The Kier molecular flexibility index (Phi) is 7.33. The third kappa shape index (κ3) is 5.68. The minimum absolute atomic E-state index is 0.319. The number of ketones is 1. The molecule has 1 aromatic heterocycles. The summed E-state index contributed by atoms with van der Waals surface area (Å²) in [5, 5.41) is 13.0. The van der Waals surface area contributed by atoms with Gasteiger partial charge in [-0.3, -0.25) is 4.79 Å². The fourth-order valence-electron chi connectivity index (χ4n) is 3.32. The van der Waals surface area contributed by atoms with E-state index in [-0.39, 0.29) is 5.78 Å². The molecule has 1 heterocycles. The molecule has 2 N–H and O–H groups in total. The number of aliphatic hydroxyl groups is 1. The molecule has 0 aliphatic heterocycles. The molecule has 0 atom stereocenters. The average Bonchev–Trinajstić information content (AvgIpc) is 2.89. The summed E-state index contributed by atoms with van der Waals surface area (Å²) in [6.07, 6.45) is 7.68. The first-order valence-electron chi connectivity index (χ1n) is 10.7. The molecule has 0 fully saturated rings. The van der Waals surface area contributed by atoms with E-state index in [4.69, 9.17) is 21.0 Å². The zero-order valence-corrected chi connectivity index (χ0v) is 18.4. The van der Waals surface area contributed by atoms with Crippen molar-refractivity contribution in [2.24, 2.45) is 0 Å². The summed E-state index contributed by atoms with van der Waals surface area (Å²) in [6, 6.07) is 19.9. The number of ether oxygens (including phenoxy) is 2. The van der Waals surface area contributed by atoms with Crippen LogP contribution in [0.15, 0.2) is 73.1 Å². The minimum Gasteiger partial charge on any atom is -0.493 e. The maximum absolute atomic E-state index is 11.5. The molecule has 0 amide bonds. The molecule has 0 aliphatic rings. The van der Waals surface area contributed by atoms with Gasteiger partial charge in [-0.25, -0.2) is 9.97 Å². The summed E-state index contributed by atoms with van der Waals surface area (Å²) in [7, 11) is 0. The van der Waals surface area contributed by atoms with Crippen molar-refractivity contribution in [1.82, 2.24) is 9.97 Å². The van der Waals surface area contributed by atoms with Crippen LogP contribution in [0.1, 0.15) is 22.3 Å². The molecular formula is C27H23N3O4. The van der Waals surface area contributed by atoms with E-state index in [9.17, 15) is 4.79 Å². The van der Waals surface area contributed by atoms with Crippen LogP contribution >= 0.6 is 0 Å². The van der Waals surface area contributed by atoms with Crippen molar-refractivity contribution in [3.05, 3.63) is 84.2 Å². The van der Waals surface area contributed by atoms with Gasteiger partial charge in [0.05, 0.1) is 18.7 Å². The number of carbonyl (C=O) groups is 1. The number of aromatic nitrogens is 2. The average molecular weight is 453 g/mol. The van der Waals surface area contributed by atoms with E-state index in [1.54, 1.807) is 24.3 Å². The summed E-state index contributed by atoms with van der Waals surface area (Å²) in [5.41, 5.74) is 2.87. The number of aliphatic hydroxyl groups excluding tert-OH is 1. The van der Waals surface area contributed by atoms with Crippen LogP contribution in [0, 0.1) is 12.3 Å². The lowest BCUT2D eigenvalue weighted by molar-refractivity contribution is 0.0903. The van der Waals surface area contributed by atoms with Gasteiger partial charge < -0.3 is 19.9 Å². The molecule has 0 saturated heterocycles. The fourth-order valence-corrected chi connectivity index (χ4v) is 3.32. The molecule has 0 bridgehead atoms. The van der Waals surface area contributed by atoms with Crippen molar-refractivity contribution in [2.45, 2.75) is 6.42 Å². The first-order chi connectivity index (χ1) is 16.7. The Balaban J connectivity index is 1.34. The Labute approximate surface area is 197 Å². The van der Waals surface area contributed by atoms with Gasteiger partial charge in [-0.2, -0.15) is 0 Å². The molecule has 7 nitrogen and oxygen atoms in total. The molecule has 4 rings (SSSR count). The van der Waals surface area contributed by atoms with Crippen LogP contribution in [-0.2, 0) is 0 Å². The zero-order valence-electron chi connectivity index (χ0n) is 18.4. The van der Waals surface area contributed by atoms with Gasteiger partial charge >= 0.3 is 0 Å². The van der Waals surface area contributed by atoms with Gasteiger partial charge in [0.1, 0.15) is 30.3 Å². The second-order valence-electron chi connectivity index (χ2n) is 7.41. The lowest BCUT2D eigenvalue weighted by Crippen LogP contribution is -2.06. The summed E-state index contributed by atoms with van der Waals surface area (Å²) < 4.78 is 11.6. The first-order valence-corrected chi connectivity index (χ1v) is 10.7. The SMILES string of the molecule is C#Cc1cccc(Nc2ncnc3ccc(OCCCOc4ccc(C(=O)CO)cc4)cc23)c1. The molecule has 4 aromatic rings. The topological polar surface area (TPSA) is 93.6 Å². The predicted octanol–water partition coefficient (Wildman–Crippen LogP) is 4.38. The van der Waals surface area contributed by atoms with Gasteiger partial charge in [0, 0.05) is 28.6 Å². The Morgan fingerprint density at radius 3 is 2.50 bits per heavy atom. The van der Waals surface area contributed by atoms with Crippen molar-refractivity contribution in [3.63, 3.8) is 0 Å². The molecule has 0 spiro atoms. The van der Waals surface area contributed by atoms with Gasteiger partial charge in [0.15, 0.2) is 5.78 Å². The summed E-state index contributed by atoms with van der Waals surface area (Å²) in [6.45, 7) is 0.421. The highest BCUT2D eigenvalue weighted by molar-refractivity contribution is 5.97. The van der Waals surface area contributed by atoms with Crippen LogP contribution in [0.5, 0.6) is 11.5 Å². The molecular weight excluding hydrogens is 430 g/mol. The van der Waals surface area contributed by atoms with Crippen molar-refractivity contribution < 1.29 is 19.4 Å². The molecule has 3 aromatic carbocycles. The Bertz CT molecular complexity index is 1330.